The molecule has 0 aliphatic heterocycles. The quantitative estimate of drug-likeness (QED) is 0.0652. The maximum Gasteiger partial charge on any atom is 0.328 e. The number of phenols is 1. The molecule has 0 bridgehead atoms. The number of rotatable bonds is 20. The summed E-state index contributed by atoms with van der Waals surface area (Å²) in [4.78, 5) is 90.6. The van der Waals surface area contributed by atoms with Crippen molar-refractivity contribution in [3.8, 4) is 5.75 Å². The van der Waals surface area contributed by atoms with Crippen LogP contribution in [0.25, 0.3) is 10.9 Å². The number of phenolic OH excluding ortho intramolecular Hbond substituents is 1. The predicted octanol–water partition coefficient (Wildman–Crippen LogP) is -1.27. The molecule has 0 aliphatic carbocycles. The Morgan fingerprint density at radius 3 is 1.80 bits per heavy atom. The van der Waals surface area contributed by atoms with Gasteiger partial charge in [-0.3, -0.25) is 28.8 Å². The number of carboxylic acids is 3. The van der Waals surface area contributed by atoms with Gasteiger partial charge in [0.2, 0.25) is 23.6 Å². The van der Waals surface area contributed by atoms with E-state index in [4.69, 9.17) is 10.8 Å². The Morgan fingerprint density at radius 2 is 1.20 bits per heavy atom. The number of aliphatic hydroxyl groups is 1. The smallest absolute Gasteiger partial charge is 0.328 e. The highest BCUT2D eigenvalue weighted by molar-refractivity contribution is 5.96. The van der Waals surface area contributed by atoms with Crippen molar-refractivity contribution in [1.82, 2.24) is 26.3 Å². The SMILES string of the molecule is N[C@@H](CCC(=O)O)C(=O)N[C@@H](Cc1c[nH]c2ccccc12)C(=O)N[C@@H](CCC(=O)O)C(=O)N[C@@H](Cc1ccc(O)cc1)C(=O)N[C@@H](CO)C(=O)O. The number of aromatic amines is 1. The highest BCUT2D eigenvalue weighted by Crippen LogP contribution is 2.20. The van der Waals surface area contributed by atoms with E-state index in [9.17, 15) is 54.0 Å². The fraction of sp³-hybridized carbons (Fsp3) is 0.364. The molecule has 5 atom stereocenters. The molecule has 0 radical (unpaired) electrons. The Kier molecular flexibility index (Phi) is 14.4. The third kappa shape index (κ3) is 12.1. The van der Waals surface area contributed by atoms with Crippen molar-refractivity contribution in [2.24, 2.45) is 5.73 Å². The number of aromatic hydroxyl groups is 1. The molecule has 51 heavy (non-hydrogen) atoms. The highest BCUT2D eigenvalue weighted by Gasteiger charge is 2.32. The lowest BCUT2D eigenvalue weighted by Crippen LogP contribution is -2.59. The standard InChI is InChI=1S/C33H40N6O12/c34-21(9-11-27(42)43)29(46)37-25(14-18-15-35-22-4-2-1-3-20(18)22)32(49)36-23(10-12-28(44)45)30(47)38-24(13-17-5-7-19(41)8-6-17)31(48)39-26(16-40)33(50)51/h1-8,15,21,23-26,35,40-41H,9-14,16,34H2,(H,36,49)(H,37,46)(H,38,47)(H,39,48)(H,42,43)(H,44,45)(H,50,51)/t21-,23-,24-,25-,26-/m0/s1. The summed E-state index contributed by atoms with van der Waals surface area (Å²) in [6, 6.07) is 5.04. The molecule has 1 aromatic heterocycles. The van der Waals surface area contributed by atoms with Gasteiger partial charge in [0.25, 0.3) is 0 Å². The van der Waals surface area contributed by atoms with E-state index in [0.717, 1.165) is 5.52 Å². The molecule has 0 fully saturated rings. The van der Waals surface area contributed by atoms with Crippen LogP contribution < -0.4 is 27.0 Å². The number of carboxylic acid groups (broad SMARTS) is 3. The molecular formula is C33H40N6O12. The number of nitrogens with two attached hydrogens (primary N) is 1. The summed E-state index contributed by atoms with van der Waals surface area (Å²) >= 11 is 0. The Hall–Kier alpha value is -6.01. The van der Waals surface area contributed by atoms with Gasteiger partial charge >= 0.3 is 17.9 Å². The molecule has 1 heterocycles. The van der Waals surface area contributed by atoms with E-state index in [2.05, 4.69) is 26.3 Å². The average Bonchev–Trinajstić information content (AvgIpc) is 3.50. The minimum Gasteiger partial charge on any atom is -0.508 e. The second-order valence-corrected chi connectivity index (χ2v) is 11.7. The Balaban J connectivity index is 1.90. The van der Waals surface area contributed by atoms with Gasteiger partial charge < -0.3 is 57.5 Å². The molecule has 0 unspecified atom stereocenters. The summed E-state index contributed by atoms with van der Waals surface area (Å²) in [5.41, 5.74) is 7.60. The van der Waals surface area contributed by atoms with Crippen molar-refractivity contribution in [2.75, 3.05) is 6.61 Å². The molecule has 0 aliphatic rings. The number of carbonyl (C=O) groups is 7. The van der Waals surface area contributed by atoms with Crippen LogP contribution in [0.2, 0.25) is 0 Å². The second-order valence-electron chi connectivity index (χ2n) is 11.7. The van der Waals surface area contributed by atoms with Crippen LogP contribution in [0.1, 0.15) is 36.8 Å². The number of aliphatic carboxylic acids is 3. The summed E-state index contributed by atoms with van der Waals surface area (Å²) in [7, 11) is 0. The Labute approximate surface area is 290 Å². The average molecular weight is 713 g/mol. The Morgan fingerprint density at radius 1 is 0.667 bits per heavy atom. The van der Waals surface area contributed by atoms with Gasteiger partial charge in [-0.1, -0.05) is 30.3 Å². The molecule has 274 valence electrons. The predicted molar refractivity (Wildman–Crippen MR) is 178 cm³/mol. The van der Waals surface area contributed by atoms with Gasteiger partial charge in [-0.05, 0) is 42.2 Å². The molecule has 3 rings (SSSR count). The topological polar surface area (TPSA) is 311 Å². The fourth-order valence-electron chi connectivity index (χ4n) is 5.03. The lowest BCUT2D eigenvalue weighted by Gasteiger charge is -2.26. The summed E-state index contributed by atoms with van der Waals surface area (Å²) in [6.07, 6.45) is -0.517. The number of carbonyl (C=O) groups excluding carboxylic acids is 4. The fourth-order valence-corrected chi connectivity index (χ4v) is 5.03. The van der Waals surface area contributed by atoms with Crippen molar-refractivity contribution in [3.63, 3.8) is 0 Å². The van der Waals surface area contributed by atoms with Crippen molar-refractivity contribution in [1.29, 1.82) is 0 Å². The zero-order valence-electron chi connectivity index (χ0n) is 27.2. The summed E-state index contributed by atoms with van der Waals surface area (Å²) in [5, 5.41) is 56.9. The Bertz CT molecular complexity index is 1730. The third-order valence-electron chi connectivity index (χ3n) is 7.82. The molecular weight excluding hydrogens is 672 g/mol. The number of amides is 4. The van der Waals surface area contributed by atoms with Crippen LogP contribution in [-0.2, 0) is 46.4 Å². The first-order valence-corrected chi connectivity index (χ1v) is 15.8. The van der Waals surface area contributed by atoms with Gasteiger partial charge in [0.1, 0.15) is 29.9 Å². The van der Waals surface area contributed by atoms with Gasteiger partial charge in [-0.25, -0.2) is 4.79 Å². The molecule has 18 nitrogen and oxygen atoms in total. The number of hydrogen-bond acceptors (Lipinski definition) is 10. The number of benzene rings is 2. The first-order valence-electron chi connectivity index (χ1n) is 15.8. The van der Waals surface area contributed by atoms with Gasteiger partial charge in [0.05, 0.1) is 12.6 Å². The third-order valence-corrected chi connectivity index (χ3v) is 7.82. The van der Waals surface area contributed by atoms with E-state index in [1.807, 2.05) is 0 Å². The molecule has 18 heteroatoms. The number of nitrogens with one attached hydrogen (secondary N) is 5. The van der Waals surface area contributed by atoms with Crippen LogP contribution in [0.5, 0.6) is 5.75 Å². The first kappa shape index (κ1) is 39.4. The van der Waals surface area contributed by atoms with E-state index < -0.39 is 97.6 Å². The lowest BCUT2D eigenvalue weighted by atomic mass is 10.0. The van der Waals surface area contributed by atoms with Crippen LogP contribution in [0.15, 0.2) is 54.7 Å². The van der Waals surface area contributed by atoms with Crippen molar-refractivity contribution < 1.29 is 59.1 Å². The first-order chi connectivity index (χ1) is 24.2. The maximum atomic E-state index is 13.8. The van der Waals surface area contributed by atoms with E-state index in [0.29, 0.717) is 16.5 Å². The molecule has 2 aromatic carbocycles. The van der Waals surface area contributed by atoms with E-state index >= 15 is 0 Å². The summed E-state index contributed by atoms with van der Waals surface area (Å²) < 4.78 is 0. The lowest BCUT2D eigenvalue weighted by molar-refractivity contribution is -0.143. The zero-order valence-corrected chi connectivity index (χ0v) is 27.2. The van der Waals surface area contributed by atoms with Crippen LogP contribution in [0.3, 0.4) is 0 Å². The highest BCUT2D eigenvalue weighted by atomic mass is 16.4. The van der Waals surface area contributed by atoms with Crippen LogP contribution in [-0.4, -0.2) is 109 Å². The van der Waals surface area contributed by atoms with E-state index in [1.165, 1.54) is 24.3 Å². The van der Waals surface area contributed by atoms with Crippen molar-refractivity contribution >= 4 is 52.4 Å². The van der Waals surface area contributed by atoms with Crippen LogP contribution in [0, 0.1) is 0 Å². The van der Waals surface area contributed by atoms with E-state index in [1.54, 1.807) is 30.5 Å². The number of H-pyrrole nitrogens is 1. The molecule has 12 N–H and O–H groups in total. The number of aliphatic hydroxyl groups excluding tert-OH is 1. The minimum atomic E-state index is -1.73. The molecule has 0 spiro atoms. The monoisotopic (exact) mass is 712 g/mol. The molecule has 3 aromatic rings. The normalized spacial score (nSPS) is 13.9. The van der Waals surface area contributed by atoms with Crippen molar-refractivity contribution in [2.45, 2.75) is 68.7 Å². The summed E-state index contributed by atoms with van der Waals surface area (Å²) in [5.74, 6) is -8.01. The largest absolute Gasteiger partial charge is 0.508 e. The summed E-state index contributed by atoms with van der Waals surface area (Å²) in [6.45, 7) is -0.970. The van der Waals surface area contributed by atoms with Gasteiger partial charge in [-0.2, -0.15) is 0 Å². The second kappa shape index (κ2) is 18.7. The molecule has 0 saturated heterocycles. The van der Waals surface area contributed by atoms with Crippen molar-refractivity contribution in [3.05, 3.63) is 65.9 Å². The number of aromatic nitrogens is 1. The zero-order chi connectivity index (χ0) is 37.7. The number of hydrogen-bond donors (Lipinski definition) is 11. The van der Waals surface area contributed by atoms with Gasteiger partial charge in [0.15, 0.2) is 0 Å². The minimum absolute atomic E-state index is 0.0939. The number of para-hydroxylation sites is 1. The maximum absolute atomic E-state index is 13.8. The molecule has 4 amide bonds. The van der Waals surface area contributed by atoms with Crippen LogP contribution in [0.4, 0.5) is 0 Å². The van der Waals surface area contributed by atoms with Gasteiger partial charge in [0, 0.05) is 42.8 Å². The number of fused-ring (bicyclic) bond motifs is 1. The molecule has 0 saturated carbocycles. The van der Waals surface area contributed by atoms with E-state index in [-0.39, 0.29) is 25.0 Å². The van der Waals surface area contributed by atoms with Gasteiger partial charge in [-0.15, -0.1) is 0 Å². The van der Waals surface area contributed by atoms with Crippen LogP contribution >= 0.6 is 0 Å².